The van der Waals surface area contributed by atoms with E-state index in [-0.39, 0.29) is 0 Å². The molecule has 36 heavy (non-hydrogen) atoms. The molecule has 3 aromatic rings. The molecule has 0 unspecified atom stereocenters. The van der Waals surface area contributed by atoms with Gasteiger partial charge in [0.15, 0.2) is 0 Å². The van der Waals surface area contributed by atoms with Crippen molar-refractivity contribution in [2.24, 2.45) is 0 Å². The molecule has 6 heteroatoms. The SMILES string of the molecule is CCCCCCCCOc1cc(-c2ccc(Br)s2)c(OCCCCCCCC)cc1-c1ccc(Br)s1. The van der Waals surface area contributed by atoms with E-state index in [1.807, 2.05) is 0 Å². The molecule has 0 fully saturated rings. The summed E-state index contributed by atoms with van der Waals surface area (Å²) in [5, 5.41) is 0. The van der Waals surface area contributed by atoms with Crippen LogP contribution >= 0.6 is 54.5 Å². The lowest BCUT2D eigenvalue weighted by Crippen LogP contribution is -2.02. The van der Waals surface area contributed by atoms with E-state index in [9.17, 15) is 0 Å². The first-order valence-corrected chi connectivity index (χ1v) is 16.8. The average molecular weight is 657 g/mol. The van der Waals surface area contributed by atoms with Gasteiger partial charge in [-0.15, -0.1) is 22.7 Å². The molecule has 0 saturated heterocycles. The third-order valence-corrected chi connectivity index (χ3v) is 9.58. The number of unbranched alkanes of at least 4 members (excludes halogenated alkanes) is 10. The number of ether oxygens (including phenoxy) is 2. The second-order valence-corrected chi connectivity index (χ2v) is 14.2. The lowest BCUT2D eigenvalue weighted by Gasteiger charge is -2.17. The van der Waals surface area contributed by atoms with Crippen molar-refractivity contribution in [3.63, 3.8) is 0 Å². The fourth-order valence-electron chi connectivity index (χ4n) is 4.23. The summed E-state index contributed by atoms with van der Waals surface area (Å²) in [4.78, 5) is 2.39. The molecule has 2 nitrogen and oxygen atoms in total. The van der Waals surface area contributed by atoms with Crippen LogP contribution in [0.1, 0.15) is 90.9 Å². The smallest absolute Gasteiger partial charge is 0.128 e. The van der Waals surface area contributed by atoms with Gasteiger partial charge >= 0.3 is 0 Å². The van der Waals surface area contributed by atoms with E-state index < -0.39 is 0 Å². The minimum atomic E-state index is 0.747. The molecule has 0 aliphatic rings. The van der Waals surface area contributed by atoms with Gasteiger partial charge in [0.1, 0.15) is 11.5 Å². The molecule has 0 aliphatic carbocycles. The lowest BCUT2D eigenvalue weighted by molar-refractivity contribution is 0.298. The van der Waals surface area contributed by atoms with Crippen molar-refractivity contribution < 1.29 is 9.47 Å². The van der Waals surface area contributed by atoms with Crippen LogP contribution in [0.2, 0.25) is 0 Å². The molecule has 1 aromatic carbocycles. The highest BCUT2D eigenvalue weighted by Crippen LogP contribution is 2.45. The van der Waals surface area contributed by atoms with Gasteiger partial charge in [-0.3, -0.25) is 0 Å². The maximum Gasteiger partial charge on any atom is 0.128 e. The molecule has 2 heterocycles. The van der Waals surface area contributed by atoms with Crippen molar-refractivity contribution in [2.75, 3.05) is 13.2 Å². The molecule has 0 saturated carbocycles. The van der Waals surface area contributed by atoms with Gasteiger partial charge in [0.05, 0.1) is 20.8 Å². The van der Waals surface area contributed by atoms with Crippen LogP contribution in [0.15, 0.2) is 44.0 Å². The van der Waals surface area contributed by atoms with Crippen LogP contribution in [0.5, 0.6) is 11.5 Å². The van der Waals surface area contributed by atoms with Gasteiger partial charge in [-0.05, 0) is 81.1 Å². The topological polar surface area (TPSA) is 18.5 Å². The second kappa shape index (κ2) is 16.9. The number of rotatable bonds is 18. The standard InChI is InChI=1S/C30H40Br2O2S2/c1-3-5-7-9-11-13-19-33-25-21-24(28-16-18-30(32)36-28)26(34-20-14-12-10-8-6-4-2)22-23(25)27-15-17-29(31)35-27/h15-18,21-22H,3-14,19-20H2,1-2H3. The Morgan fingerprint density at radius 2 is 0.944 bits per heavy atom. The molecule has 3 rings (SSSR count). The van der Waals surface area contributed by atoms with E-state index in [2.05, 4.69) is 82.1 Å². The van der Waals surface area contributed by atoms with E-state index >= 15 is 0 Å². The molecule has 0 radical (unpaired) electrons. The molecule has 2 aromatic heterocycles. The zero-order chi connectivity index (χ0) is 25.6. The van der Waals surface area contributed by atoms with Gasteiger partial charge in [0.25, 0.3) is 0 Å². The molecule has 198 valence electrons. The molecule has 0 spiro atoms. The number of thiophene rings is 2. The van der Waals surface area contributed by atoms with Crippen molar-refractivity contribution >= 4 is 54.5 Å². The Kier molecular flexibility index (Phi) is 14.0. The van der Waals surface area contributed by atoms with Crippen LogP contribution in [0.3, 0.4) is 0 Å². The fourth-order valence-corrected chi connectivity index (χ4v) is 7.05. The first kappa shape index (κ1) is 29.7. The molecule has 0 bridgehead atoms. The monoisotopic (exact) mass is 654 g/mol. The summed E-state index contributed by atoms with van der Waals surface area (Å²) in [5.74, 6) is 1.90. The van der Waals surface area contributed by atoms with E-state index in [4.69, 9.17) is 9.47 Å². The molecule has 0 N–H and O–H groups in total. The van der Waals surface area contributed by atoms with Gasteiger partial charge < -0.3 is 9.47 Å². The Hall–Kier alpha value is -0.820. The number of hydrogen-bond donors (Lipinski definition) is 0. The summed E-state index contributed by atoms with van der Waals surface area (Å²) in [5.41, 5.74) is 2.24. The minimum Gasteiger partial charge on any atom is -0.493 e. The molecule has 0 aliphatic heterocycles. The first-order valence-electron chi connectivity index (χ1n) is 13.6. The zero-order valence-electron chi connectivity index (χ0n) is 21.8. The minimum absolute atomic E-state index is 0.747. The van der Waals surface area contributed by atoms with Gasteiger partial charge in [0, 0.05) is 20.9 Å². The van der Waals surface area contributed by atoms with E-state index in [1.165, 1.54) is 74.0 Å². The van der Waals surface area contributed by atoms with Gasteiger partial charge in [-0.1, -0.05) is 78.1 Å². The normalized spacial score (nSPS) is 11.2. The second-order valence-electron chi connectivity index (χ2n) is 9.28. The summed E-state index contributed by atoms with van der Waals surface area (Å²) in [6.07, 6.45) is 15.1. The van der Waals surface area contributed by atoms with Crippen molar-refractivity contribution in [1.29, 1.82) is 0 Å². The summed E-state index contributed by atoms with van der Waals surface area (Å²) in [6.45, 7) is 6.02. The van der Waals surface area contributed by atoms with Crippen molar-refractivity contribution in [3.05, 3.63) is 44.0 Å². The van der Waals surface area contributed by atoms with E-state index in [0.717, 1.165) is 56.3 Å². The maximum absolute atomic E-state index is 6.44. The van der Waals surface area contributed by atoms with Crippen LogP contribution in [-0.2, 0) is 0 Å². The van der Waals surface area contributed by atoms with Gasteiger partial charge in [0.2, 0.25) is 0 Å². The van der Waals surface area contributed by atoms with E-state index in [1.54, 1.807) is 22.7 Å². The zero-order valence-corrected chi connectivity index (χ0v) is 26.6. The van der Waals surface area contributed by atoms with Crippen LogP contribution in [0.25, 0.3) is 20.9 Å². The Balaban J connectivity index is 1.78. The summed E-state index contributed by atoms with van der Waals surface area (Å²) in [6, 6.07) is 13.0. The quantitative estimate of drug-likeness (QED) is 0.127. The predicted octanol–water partition coefficient (Wildman–Crippen LogP) is 12.1. The Bertz CT molecular complexity index is 946. The number of hydrogen-bond acceptors (Lipinski definition) is 4. The third-order valence-electron chi connectivity index (χ3n) is 6.27. The highest BCUT2D eigenvalue weighted by Gasteiger charge is 2.18. The summed E-state index contributed by atoms with van der Waals surface area (Å²) in [7, 11) is 0. The fraction of sp³-hybridized carbons (Fsp3) is 0.533. The Labute approximate surface area is 243 Å². The Morgan fingerprint density at radius 3 is 1.31 bits per heavy atom. The van der Waals surface area contributed by atoms with Crippen LogP contribution in [0.4, 0.5) is 0 Å². The summed E-state index contributed by atoms with van der Waals surface area (Å²) >= 11 is 10.8. The van der Waals surface area contributed by atoms with Gasteiger partial charge in [-0.25, -0.2) is 0 Å². The molecular weight excluding hydrogens is 616 g/mol. The summed E-state index contributed by atoms with van der Waals surface area (Å²) < 4.78 is 15.1. The Morgan fingerprint density at radius 1 is 0.556 bits per heavy atom. The van der Waals surface area contributed by atoms with E-state index in [0.29, 0.717) is 0 Å². The highest BCUT2D eigenvalue weighted by atomic mass is 79.9. The first-order chi connectivity index (χ1) is 17.6. The van der Waals surface area contributed by atoms with Crippen LogP contribution in [0, 0.1) is 0 Å². The van der Waals surface area contributed by atoms with Crippen molar-refractivity contribution in [3.8, 4) is 32.4 Å². The lowest BCUT2D eigenvalue weighted by atomic mass is 10.1. The predicted molar refractivity (Wildman–Crippen MR) is 166 cm³/mol. The van der Waals surface area contributed by atoms with Crippen LogP contribution < -0.4 is 9.47 Å². The molecular formula is C30H40Br2O2S2. The average Bonchev–Trinajstić information content (AvgIpc) is 3.51. The van der Waals surface area contributed by atoms with Gasteiger partial charge in [-0.2, -0.15) is 0 Å². The third kappa shape index (κ3) is 9.81. The van der Waals surface area contributed by atoms with Crippen LogP contribution in [-0.4, -0.2) is 13.2 Å². The largest absolute Gasteiger partial charge is 0.493 e. The molecule has 0 amide bonds. The van der Waals surface area contributed by atoms with Crippen molar-refractivity contribution in [2.45, 2.75) is 90.9 Å². The van der Waals surface area contributed by atoms with Crippen molar-refractivity contribution in [1.82, 2.24) is 0 Å². The number of benzene rings is 1. The number of halogens is 2. The molecule has 0 atom stereocenters. The highest BCUT2D eigenvalue weighted by molar-refractivity contribution is 9.11. The maximum atomic E-state index is 6.44.